The van der Waals surface area contributed by atoms with Crippen LogP contribution in [-0.4, -0.2) is 43.5 Å². The van der Waals surface area contributed by atoms with Crippen molar-refractivity contribution < 1.29 is 4.79 Å². The lowest BCUT2D eigenvalue weighted by molar-refractivity contribution is -0.125. The Morgan fingerprint density at radius 1 is 1.27 bits per heavy atom. The highest BCUT2D eigenvalue weighted by Gasteiger charge is 2.29. The molecule has 1 unspecified atom stereocenters. The van der Waals surface area contributed by atoms with Gasteiger partial charge in [-0.05, 0) is 54.3 Å². The third kappa shape index (κ3) is 2.62. The van der Waals surface area contributed by atoms with Crippen LogP contribution in [0.3, 0.4) is 0 Å². The maximum atomic E-state index is 13.1. The number of hydrogen-bond acceptors (Lipinski definition) is 3. The first kappa shape index (κ1) is 18.4. The average Bonchev–Trinajstić information content (AvgIpc) is 3.47. The molecule has 152 valence electrons. The van der Waals surface area contributed by atoms with Crippen LogP contribution in [0.25, 0.3) is 32.9 Å². The average molecular weight is 401 g/mol. The number of aryl methyl sites for hydroxylation is 1. The molecular weight excluding hydrogens is 378 g/mol. The van der Waals surface area contributed by atoms with Gasteiger partial charge in [0.2, 0.25) is 5.91 Å². The van der Waals surface area contributed by atoms with Crippen molar-refractivity contribution in [1.82, 2.24) is 24.5 Å². The zero-order chi connectivity index (χ0) is 21.0. The van der Waals surface area contributed by atoms with Crippen LogP contribution in [0.4, 0.5) is 0 Å². The van der Waals surface area contributed by atoms with E-state index in [1.807, 2.05) is 29.1 Å². The Balaban J connectivity index is 1.64. The lowest BCUT2D eigenvalue weighted by atomic mass is 9.96. The number of carbonyl (C=O) groups is 1. The van der Waals surface area contributed by atoms with E-state index in [0.717, 1.165) is 39.5 Å². The summed E-state index contributed by atoms with van der Waals surface area (Å²) in [6.45, 7) is 6.90. The molecular formula is C23H23N5O2. The van der Waals surface area contributed by atoms with Crippen LogP contribution in [0.5, 0.6) is 0 Å². The Morgan fingerprint density at radius 2 is 2.10 bits per heavy atom. The van der Waals surface area contributed by atoms with E-state index in [0.29, 0.717) is 18.5 Å². The molecule has 1 atom stereocenters. The summed E-state index contributed by atoms with van der Waals surface area (Å²) in [7, 11) is 1.79. The van der Waals surface area contributed by atoms with Crippen molar-refractivity contribution in [2.24, 2.45) is 7.05 Å². The van der Waals surface area contributed by atoms with Gasteiger partial charge in [-0.3, -0.25) is 24.1 Å². The number of likely N-dealkylation sites (tertiary alicyclic amines) is 1. The highest BCUT2D eigenvalue weighted by atomic mass is 16.2. The van der Waals surface area contributed by atoms with Crippen LogP contribution >= 0.6 is 0 Å². The number of aromatic amines is 1. The normalized spacial score (nSPS) is 16.6. The standard InChI is InChI=1S/C23H23N5O2/c1-4-21(29)27-10-9-16(13-27)28-20-8-6-15(11-17(20)23(30)26(28)3)22-14(2)5-7-19-18(22)12-24-25-19/h4-8,11-12,16H,1,9-10,13H2,2-3H3,(H,24,25). The van der Waals surface area contributed by atoms with Gasteiger partial charge < -0.3 is 4.90 Å². The second kappa shape index (κ2) is 6.73. The van der Waals surface area contributed by atoms with E-state index in [4.69, 9.17) is 0 Å². The molecule has 0 saturated carbocycles. The number of carbonyl (C=O) groups excluding carboxylic acids is 1. The number of benzene rings is 2. The molecule has 1 aliphatic heterocycles. The summed E-state index contributed by atoms with van der Waals surface area (Å²) < 4.78 is 3.70. The molecule has 0 aliphatic carbocycles. The molecule has 4 aromatic rings. The number of fused-ring (bicyclic) bond motifs is 2. The van der Waals surface area contributed by atoms with Gasteiger partial charge in [-0.25, -0.2) is 0 Å². The minimum Gasteiger partial charge on any atom is -0.337 e. The maximum Gasteiger partial charge on any atom is 0.274 e. The van der Waals surface area contributed by atoms with Crippen molar-refractivity contribution in [3.63, 3.8) is 0 Å². The van der Waals surface area contributed by atoms with Crippen molar-refractivity contribution in [1.29, 1.82) is 0 Å². The summed E-state index contributed by atoms with van der Waals surface area (Å²) in [5.74, 6) is -0.0649. The summed E-state index contributed by atoms with van der Waals surface area (Å²) in [5.41, 5.74) is 5.05. The van der Waals surface area contributed by atoms with Crippen molar-refractivity contribution >= 4 is 27.7 Å². The van der Waals surface area contributed by atoms with Crippen LogP contribution in [-0.2, 0) is 11.8 Å². The van der Waals surface area contributed by atoms with E-state index in [1.165, 1.54) is 6.08 Å². The van der Waals surface area contributed by atoms with Crippen molar-refractivity contribution in [2.75, 3.05) is 13.1 Å². The monoisotopic (exact) mass is 401 g/mol. The molecule has 30 heavy (non-hydrogen) atoms. The van der Waals surface area contributed by atoms with Crippen LogP contribution in [0.2, 0.25) is 0 Å². The zero-order valence-electron chi connectivity index (χ0n) is 17.1. The second-order valence-corrected chi connectivity index (χ2v) is 7.92. The van der Waals surface area contributed by atoms with Gasteiger partial charge in [-0.15, -0.1) is 0 Å². The van der Waals surface area contributed by atoms with Gasteiger partial charge >= 0.3 is 0 Å². The van der Waals surface area contributed by atoms with Crippen molar-refractivity contribution in [3.8, 4) is 11.1 Å². The minimum atomic E-state index is -0.0649. The molecule has 1 N–H and O–H groups in total. The highest BCUT2D eigenvalue weighted by Crippen LogP contribution is 2.33. The number of amides is 1. The summed E-state index contributed by atoms with van der Waals surface area (Å²) in [5, 5.41) is 8.91. The predicted molar refractivity (Wildman–Crippen MR) is 117 cm³/mol. The fraction of sp³-hybridized carbons (Fsp3) is 0.261. The molecule has 2 aromatic heterocycles. The Bertz CT molecular complexity index is 1370. The lowest BCUT2D eigenvalue weighted by Crippen LogP contribution is -2.29. The van der Waals surface area contributed by atoms with Crippen molar-refractivity contribution in [3.05, 3.63) is 65.1 Å². The number of nitrogens with zero attached hydrogens (tertiary/aromatic N) is 4. The van der Waals surface area contributed by atoms with Gasteiger partial charge in [0.25, 0.3) is 5.56 Å². The molecule has 1 saturated heterocycles. The van der Waals surface area contributed by atoms with Crippen LogP contribution < -0.4 is 5.56 Å². The van der Waals surface area contributed by atoms with Crippen LogP contribution in [0.15, 0.2) is 54.0 Å². The van der Waals surface area contributed by atoms with Gasteiger partial charge in [0.15, 0.2) is 0 Å². The molecule has 2 aromatic carbocycles. The molecule has 0 bridgehead atoms. The van der Waals surface area contributed by atoms with Crippen molar-refractivity contribution in [2.45, 2.75) is 19.4 Å². The Labute approximate surface area is 173 Å². The van der Waals surface area contributed by atoms with Gasteiger partial charge in [0.1, 0.15) is 0 Å². The Kier molecular flexibility index (Phi) is 4.13. The topological polar surface area (TPSA) is 75.9 Å². The van der Waals surface area contributed by atoms with Crippen LogP contribution in [0.1, 0.15) is 18.0 Å². The number of H-pyrrole nitrogens is 1. The van der Waals surface area contributed by atoms with E-state index in [1.54, 1.807) is 16.6 Å². The first-order valence-corrected chi connectivity index (χ1v) is 10.0. The highest BCUT2D eigenvalue weighted by molar-refractivity contribution is 5.98. The molecule has 1 fully saturated rings. The van der Waals surface area contributed by atoms with E-state index < -0.39 is 0 Å². The van der Waals surface area contributed by atoms with E-state index in [2.05, 4.69) is 35.8 Å². The number of rotatable bonds is 3. The van der Waals surface area contributed by atoms with E-state index in [9.17, 15) is 9.59 Å². The Hall–Kier alpha value is -3.61. The summed E-state index contributed by atoms with van der Waals surface area (Å²) in [6.07, 6.45) is 3.99. The summed E-state index contributed by atoms with van der Waals surface area (Å²) in [6, 6.07) is 10.2. The summed E-state index contributed by atoms with van der Waals surface area (Å²) >= 11 is 0. The largest absolute Gasteiger partial charge is 0.337 e. The molecule has 5 rings (SSSR count). The molecule has 7 nitrogen and oxygen atoms in total. The second-order valence-electron chi connectivity index (χ2n) is 7.92. The minimum absolute atomic E-state index is 0.0302. The van der Waals surface area contributed by atoms with E-state index in [-0.39, 0.29) is 17.5 Å². The molecule has 1 aliphatic rings. The first-order chi connectivity index (χ1) is 14.5. The Morgan fingerprint density at radius 3 is 2.90 bits per heavy atom. The van der Waals surface area contributed by atoms with Gasteiger partial charge in [0, 0.05) is 25.5 Å². The zero-order valence-corrected chi connectivity index (χ0v) is 17.1. The van der Waals surface area contributed by atoms with Gasteiger partial charge in [-0.2, -0.15) is 5.10 Å². The van der Waals surface area contributed by atoms with Gasteiger partial charge in [0.05, 0.1) is 28.7 Å². The first-order valence-electron chi connectivity index (χ1n) is 10.0. The number of aromatic nitrogens is 4. The molecule has 0 radical (unpaired) electrons. The molecule has 0 spiro atoms. The summed E-state index contributed by atoms with van der Waals surface area (Å²) in [4.78, 5) is 26.9. The predicted octanol–water partition coefficient (Wildman–Crippen LogP) is 3.15. The van der Waals surface area contributed by atoms with E-state index >= 15 is 0 Å². The maximum absolute atomic E-state index is 13.1. The molecule has 3 heterocycles. The quantitative estimate of drug-likeness (QED) is 0.536. The van der Waals surface area contributed by atoms with Crippen LogP contribution in [0, 0.1) is 6.92 Å². The fourth-order valence-electron chi connectivity index (χ4n) is 4.72. The molecule has 7 heteroatoms. The smallest absolute Gasteiger partial charge is 0.274 e. The third-order valence-electron chi connectivity index (χ3n) is 6.21. The van der Waals surface area contributed by atoms with Gasteiger partial charge in [-0.1, -0.05) is 18.7 Å². The SMILES string of the molecule is C=CC(=O)N1CCC(n2c3ccc(-c4c(C)ccc5[nH]ncc45)cc3c(=O)n2C)C1. The fourth-order valence-corrected chi connectivity index (χ4v) is 4.72. The molecule has 1 amide bonds. The third-order valence-corrected chi connectivity index (χ3v) is 6.21. The lowest BCUT2D eigenvalue weighted by Gasteiger charge is -2.18. The number of nitrogens with one attached hydrogen (secondary N) is 1. The number of hydrogen-bond donors (Lipinski definition) is 1.